The van der Waals surface area contributed by atoms with Crippen molar-refractivity contribution < 1.29 is 52.3 Å². The van der Waals surface area contributed by atoms with Crippen molar-refractivity contribution in [1.29, 1.82) is 0 Å². The molecule has 42 heavy (non-hydrogen) atoms. The number of hydrogen-bond acceptors (Lipinski definition) is 12. The Bertz CT molecular complexity index is 997. The first-order chi connectivity index (χ1) is 19.8. The molecule has 0 aliphatic carbocycles. The molecule has 0 aliphatic rings. The highest BCUT2D eigenvalue weighted by molar-refractivity contribution is 5.76. The van der Waals surface area contributed by atoms with Crippen molar-refractivity contribution >= 4 is 24.4 Å². The minimum absolute atomic E-state index is 0.000667. The number of rotatable bonds is 17. The first-order valence-electron chi connectivity index (χ1n) is 14.4. The molecule has 1 rings (SSSR count). The molecule has 0 aliphatic heterocycles. The van der Waals surface area contributed by atoms with Crippen LogP contribution in [0.15, 0.2) is 18.2 Å². The highest BCUT2D eigenvalue weighted by atomic mass is 16.7. The summed E-state index contributed by atoms with van der Waals surface area (Å²) in [5, 5.41) is 0. The van der Waals surface area contributed by atoms with Crippen molar-refractivity contribution in [2.24, 2.45) is 23.5 Å². The fraction of sp³-hybridized carbons (Fsp3) is 0.667. The molecule has 0 spiro atoms. The molecule has 2 N–H and O–H groups in total. The van der Waals surface area contributed by atoms with Crippen LogP contribution in [-0.4, -0.2) is 63.0 Å². The van der Waals surface area contributed by atoms with Gasteiger partial charge < -0.3 is 38.9 Å². The molecule has 1 aromatic rings. The predicted molar refractivity (Wildman–Crippen MR) is 153 cm³/mol. The minimum Gasteiger partial charge on any atom is -0.458 e. The fourth-order valence-electron chi connectivity index (χ4n) is 3.00. The summed E-state index contributed by atoms with van der Waals surface area (Å²) in [5.74, 6) is -0.266. The van der Waals surface area contributed by atoms with Gasteiger partial charge in [0.25, 0.3) is 0 Å². The number of ether oxygens (including phenoxy) is 7. The zero-order valence-electron chi connectivity index (χ0n) is 25.8. The number of nitrogens with two attached hydrogens (primary N) is 1. The van der Waals surface area contributed by atoms with Crippen LogP contribution in [0.3, 0.4) is 0 Å². The van der Waals surface area contributed by atoms with Gasteiger partial charge >= 0.3 is 24.4 Å². The van der Waals surface area contributed by atoms with Crippen molar-refractivity contribution in [1.82, 2.24) is 0 Å². The molecule has 0 heterocycles. The summed E-state index contributed by atoms with van der Waals surface area (Å²) in [6.45, 7) is 13.7. The van der Waals surface area contributed by atoms with E-state index >= 15 is 0 Å². The maximum Gasteiger partial charge on any atom is 0.513 e. The van der Waals surface area contributed by atoms with E-state index in [2.05, 4.69) is 0 Å². The van der Waals surface area contributed by atoms with E-state index in [1.54, 1.807) is 13.0 Å². The van der Waals surface area contributed by atoms with Gasteiger partial charge in [0.1, 0.15) is 18.8 Å². The van der Waals surface area contributed by atoms with Crippen molar-refractivity contribution in [2.75, 3.05) is 26.4 Å². The molecule has 0 saturated heterocycles. The molecule has 0 amide bonds. The lowest BCUT2D eigenvalue weighted by molar-refractivity contribution is -0.152. The molecule has 0 aromatic heterocycles. The van der Waals surface area contributed by atoms with Crippen LogP contribution in [0.4, 0.5) is 14.4 Å². The Hall–Kier alpha value is -3.54. The van der Waals surface area contributed by atoms with Gasteiger partial charge in [-0.3, -0.25) is 4.79 Å². The van der Waals surface area contributed by atoms with Gasteiger partial charge in [-0.15, -0.1) is 0 Å². The zero-order chi connectivity index (χ0) is 31.7. The number of carbonyl (C=O) groups is 4. The maximum absolute atomic E-state index is 12.5. The van der Waals surface area contributed by atoms with Crippen LogP contribution in [0.25, 0.3) is 0 Å². The Kier molecular flexibility index (Phi) is 17.0. The van der Waals surface area contributed by atoms with E-state index in [0.29, 0.717) is 17.9 Å². The minimum atomic E-state index is -1.09. The van der Waals surface area contributed by atoms with Crippen molar-refractivity contribution in [2.45, 2.75) is 86.3 Å². The Morgan fingerprint density at radius 3 is 1.83 bits per heavy atom. The monoisotopic (exact) mass is 597 g/mol. The summed E-state index contributed by atoms with van der Waals surface area (Å²) in [4.78, 5) is 48.8. The van der Waals surface area contributed by atoms with E-state index in [1.807, 2.05) is 41.5 Å². The molecule has 4 atom stereocenters. The average molecular weight is 598 g/mol. The highest BCUT2D eigenvalue weighted by Crippen LogP contribution is 2.30. The van der Waals surface area contributed by atoms with E-state index in [1.165, 1.54) is 12.1 Å². The molecular formula is C30H47NO11. The van der Waals surface area contributed by atoms with Gasteiger partial charge in [-0.1, -0.05) is 60.5 Å². The highest BCUT2D eigenvalue weighted by Gasteiger charge is 2.22. The fourth-order valence-corrected chi connectivity index (χ4v) is 3.00. The molecule has 0 saturated carbocycles. The molecule has 238 valence electrons. The first-order valence-corrected chi connectivity index (χ1v) is 14.4. The lowest BCUT2D eigenvalue weighted by Gasteiger charge is -2.18. The number of benzene rings is 1. The Morgan fingerprint density at radius 1 is 0.738 bits per heavy atom. The first kappa shape index (κ1) is 36.5. The maximum atomic E-state index is 12.5. The summed E-state index contributed by atoms with van der Waals surface area (Å²) in [5.41, 5.74) is 6.54. The molecule has 1 aromatic carbocycles. The summed E-state index contributed by atoms with van der Waals surface area (Å²) >= 11 is 0. The summed E-state index contributed by atoms with van der Waals surface area (Å²) in [7, 11) is 0. The van der Waals surface area contributed by atoms with E-state index in [-0.39, 0.29) is 56.2 Å². The normalized spacial score (nSPS) is 13.7. The second-order valence-electron chi connectivity index (χ2n) is 10.8. The largest absolute Gasteiger partial charge is 0.513 e. The van der Waals surface area contributed by atoms with Crippen LogP contribution in [0.1, 0.15) is 73.3 Å². The Balaban J connectivity index is 2.82. The predicted octanol–water partition coefficient (Wildman–Crippen LogP) is 5.81. The summed E-state index contributed by atoms with van der Waals surface area (Å²) in [6, 6.07) is 3.27. The number of hydrogen-bond donors (Lipinski definition) is 1. The third kappa shape index (κ3) is 15.5. The molecule has 12 heteroatoms. The van der Waals surface area contributed by atoms with Gasteiger partial charge in [-0.05, 0) is 55.2 Å². The number of carbonyl (C=O) groups excluding carboxylic acids is 4. The van der Waals surface area contributed by atoms with Crippen molar-refractivity contribution in [3.63, 3.8) is 0 Å². The third-order valence-electron chi connectivity index (χ3n) is 6.19. The van der Waals surface area contributed by atoms with Crippen LogP contribution in [0.2, 0.25) is 0 Å². The Morgan fingerprint density at radius 2 is 1.29 bits per heavy atom. The van der Waals surface area contributed by atoms with Gasteiger partial charge in [0, 0.05) is 0 Å². The van der Waals surface area contributed by atoms with Crippen molar-refractivity contribution in [3.05, 3.63) is 23.8 Å². The summed E-state index contributed by atoms with van der Waals surface area (Å²) < 4.78 is 36.1. The Labute approximate surface area is 248 Å². The third-order valence-corrected chi connectivity index (χ3v) is 6.19. The smallest absolute Gasteiger partial charge is 0.458 e. The molecule has 0 bridgehead atoms. The topological polar surface area (TPSA) is 159 Å². The van der Waals surface area contributed by atoms with E-state index in [9.17, 15) is 19.2 Å². The molecule has 0 radical (unpaired) electrons. The second kappa shape index (κ2) is 19.6. The summed E-state index contributed by atoms with van der Waals surface area (Å²) in [6.07, 6.45) is -1.22. The SMILES string of the molecule is CCC(C)COC(=O)Oc1ccc(C[C@H](N)C(=O)O[C@@H](C)COC(=O)OCCC(C)C)cc1OC(=O)OCC(C)CC. The molecular weight excluding hydrogens is 550 g/mol. The zero-order valence-corrected chi connectivity index (χ0v) is 25.8. The quantitative estimate of drug-likeness (QED) is 0.131. The molecule has 2 unspecified atom stereocenters. The lowest BCUT2D eigenvalue weighted by atomic mass is 10.1. The van der Waals surface area contributed by atoms with Crippen LogP contribution in [0.5, 0.6) is 11.5 Å². The van der Waals surface area contributed by atoms with Crippen molar-refractivity contribution in [3.8, 4) is 11.5 Å². The van der Waals surface area contributed by atoms with Gasteiger partial charge in [-0.25, -0.2) is 14.4 Å². The number of esters is 1. The second-order valence-corrected chi connectivity index (χ2v) is 10.8. The van der Waals surface area contributed by atoms with E-state index in [0.717, 1.165) is 12.8 Å². The van der Waals surface area contributed by atoms with Crippen LogP contribution in [-0.2, 0) is 34.9 Å². The van der Waals surface area contributed by atoms with E-state index < -0.39 is 36.6 Å². The lowest BCUT2D eigenvalue weighted by Crippen LogP contribution is -2.37. The molecule has 0 fully saturated rings. The van der Waals surface area contributed by atoms with Gasteiger partial charge in [0.2, 0.25) is 0 Å². The van der Waals surface area contributed by atoms with Gasteiger partial charge in [0.05, 0.1) is 19.8 Å². The average Bonchev–Trinajstić information content (AvgIpc) is 2.94. The van der Waals surface area contributed by atoms with Crippen LogP contribution in [0, 0.1) is 17.8 Å². The standard InChI is InChI=1S/C30H47NO11/c1-8-20(5)16-37-29(34)41-25-11-10-23(15-26(25)42-30(35)38-17-21(6)9-2)14-24(31)27(32)40-22(7)18-39-28(33)36-13-12-19(3)4/h10-11,15,19-22,24H,8-9,12-14,16-18,31H2,1-7H3/t20?,21?,22-,24-/m0/s1. The molecule has 12 nitrogen and oxygen atoms in total. The van der Waals surface area contributed by atoms with Crippen LogP contribution >= 0.6 is 0 Å². The van der Waals surface area contributed by atoms with Gasteiger partial charge in [-0.2, -0.15) is 0 Å². The van der Waals surface area contributed by atoms with Crippen LogP contribution < -0.4 is 15.2 Å². The van der Waals surface area contributed by atoms with Gasteiger partial charge in [0.15, 0.2) is 11.5 Å². The van der Waals surface area contributed by atoms with E-state index in [4.69, 9.17) is 38.9 Å².